The van der Waals surface area contributed by atoms with E-state index in [0.717, 1.165) is 50.3 Å². The van der Waals surface area contributed by atoms with Crippen LogP contribution in [-0.4, -0.2) is 79.7 Å². The molecule has 0 bridgehead atoms. The Balaban J connectivity index is 1.10. The average molecular weight is 513 g/mol. The summed E-state index contributed by atoms with van der Waals surface area (Å²) < 4.78 is 27.8. The molecule has 0 aromatic carbocycles. The minimum absolute atomic E-state index is 0.195. The van der Waals surface area contributed by atoms with Crippen LogP contribution in [0.1, 0.15) is 56.3 Å². The van der Waals surface area contributed by atoms with Gasteiger partial charge in [-0.1, -0.05) is 0 Å². The number of alkyl carbamates (subject to hydrolysis) is 1. The maximum absolute atomic E-state index is 15.2. The average Bonchev–Trinajstić information content (AvgIpc) is 3.22. The van der Waals surface area contributed by atoms with Gasteiger partial charge >= 0.3 is 6.09 Å². The zero-order valence-electron chi connectivity index (χ0n) is 21.1. The van der Waals surface area contributed by atoms with E-state index < -0.39 is 24.3 Å². The Kier molecular flexibility index (Phi) is 6.23. The van der Waals surface area contributed by atoms with Crippen molar-refractivity contribution in [3.05, 3.63) is 35.9 Å². The van der Waals surface area contributed by atoms with Gasteiger partial charge in [0.15, 0.2) is 5.82 Å². The predicted molar refractivity (Wildman–Crippen MR) is 133 cm³/mol. The van der Waals surface area contributed by atoms with Crippen molar-refractivity contribution in [1.29, 1.82) is 0 Å². The summed E-state index contributed by atoms with van der Waals surface area (Å²) in [5, 5.41) is 13.3. The van der Waals surface area contributed by atoms with Gasteiger partial charge in [-0.05, 0) is 45.1 Å². The van der Waals surface area contributed by atoms with Gasteiger partial charge in [-0.15, -0.1) is 0 Å². The topological polar surface area (TPSA) is 122 Å². The van der Waals surface area contributed by atoms with Crippen molar-refractivity contribution in [2.75, 3.05) is 25.6 Å². The second kappa shape index (κ2) is 9.56. The van der Waals surface area contributed by atoms with Crippen molar-refractivity contribution in [2.24, 2.45) is 0 Å². The molecule has 37 heavy (non-hydrogen) atoms. The molecule has 6 rings (SSSR count). The molecule has 3 aromatic rings. The van der Waals surface area contributed by atoms with Gasteiger partial charge in [-0.3, -0.25) is 14.4 Å². The number of amides is 1. The highest BCUT2D eigenvalue weighted by Crippen LogP contribution is 2.39. The van der Waals surface area contributed by atoms with Gasteiger partial charge in [-0.2, -0.15) is 5.10 Å². The quantitative estimate of drug-likeness (QED) is 0.399. The minimum Gasteiger partial charge on any atom is -0.443 e. The Bertz CT molecular complexity index is 1270. The highest BCUT2D eigenvalue weighted by atomic mass is 19.1. The number of halogens is 1. The number of rotatable bonds is 9. The molecular weight excluding hydrogens is 479 g/mol. The first-order valence-corrected chi connectivity index (χ1v) is 12.9. The van der Waals surface area contributed by atoms with Crippen molar-refractivity contribution in [3.8, 4) is 0 Å². The highest BCUT2D eigenvalue weighted by molar-refractivity contribution is 5.69. The molecule has 3 N–H and O–H groups in total. The molecule has 11 nitrogen and oxygen atoms in total. The molecular formula is C25H33FN8O3. The lowest BCUT2D eigenvalue weighted by Gasteiger charge is -2.40. The molecule has 2 saturated carbocycles. The zero-order chi connectivity index (χ0) is 25.6. The van der Waals surface area contributed by atoms with Gasteiger partial charge in [0.1, 0.15) is 17.9 Å². The van der Waals surface area contributed by atoms with E-state index in [1.165, 1.54) is 0 Å². The molecule has 4 atom stereocenters. The number of carbonyl (C=O) groups excluding carboxylic acids is 1. The number of likely N-dealkylation sites (tertiary alicyclic amines) is 1. The van der Waals surface area contributed by atoms with Crippen LogP contribution in [0.3, 0.4) is 0 Å². The molecule has 1 saturated heterocycles. The molecule has 2 aliphatic carbocycles. The first kappa shape index (κ1) is 24.1. The van der Waals surface area contributed by atoms with Gasteiger partial charge in [0.2, 0.25) is 5.95 Å². The summed E-state index contributed by atoms with van der Waals surface area (Å²) in [6.45, 7) is 4.47. The molecule has 0 spiro atoms. The van der Waals surface area contributed by atoms with Crippen molar-refractivity contribution in [1.82, 2.24) is 34.8 Å². The van der Waals surface area contributed by atoms with Gasteiger partial charge in [0.05, 0.1) is 12.3 Å². The fraction of sp³-hybridized carbons (Fsp3) is 0.600. The van der Waals surface area contributed by atoms with Crippen LogP contribution >= 0.6 is 0 Å². The monoisotopic (exact) mass is 512 g/mol. The van der Waals surface area contributed by atoms with Gasteiger partial charge in [0, 0.05) is 61.9 Å². The summed E-state index contributed by atoms with van der Waals surface area (Å²) in [7, 11) is 1.73. The molecule has 4 heterocycles. The lowest BCUT2D eigenvalue weighted by atomic mass is 10.0. The van der Waals surface area contributed by atoms with Crippen LogP contribution in [0.15, 0.2) is 24.5 Å². The Morgan fingerprint density at radius 1 is 1.32 bits per heavy atom. The second-order valence-electron chi connectivity index (χ2n) is 10.7. The molecule has 1 unspecified atom stereocenters. The highest BCUT2D eigenvalue weighted by Gasteiger charge is 2.43. The van der Waals surface area contributed by atoms with E-state index in [2.05, 4.69) is 30.7 Å². The molecule has 12 heteroatoms. The summed E-state index contributed by atoms with van der Waals surface area (Å²) in [5.41, 5.74) is 2.21. The zero-order valence-corrected chi connectivity index (χ0v) is 21.1. The van der Waals surface area contributed by atoms with Crippen LogP contribution in [0.5, 0.6) is 0 Å². The normalized spacial score (nSPS) is 26.7. The van der Waals surface area contributed by atoms with Crippen LogP contribution in [0.25, 0.3) is 5.65 Å². The number of hydrogen-bond donors (Lipinski definition) is 3. The SMILES string of the molecule is COCC1CCN1Cc1cn2c(Nc3cc([C@H]4CC[C@@H](OC(=O)NC5(C)CC5)[C@H]4F)[nH]n3)nccc2n1. The Labute approximate surface area is 214 Å². The number of alkyl halides is 1. The van der Waals surface area contributed by atoms with Crippen LogP contribution in [0.4, 0.5) is 21.0 Å². The largest absolute Gasteiger partial charge is 0.443 e. The molecule has 1 aliphatic heterocycles. The van der Waals surface area contributed by atoms with Crippen LogP contribution in [0.2, 0.25) is 0 Å². The van der Waals surface area contributed by atoms with Crippen molar-refractivity contribution >= 4 is 23.5 Å². The van der Waals surface area contributed by atoms with Gasteiger partial charge in [-0.25, -0.2) is 19.2 Å². The maximum Gasteiger partial charge on any atom is 0.407 e. The molecule has 3 aliphatic rings. The van der Waals surface area contributed by atoms with E-state index in [1.54, 1.807) is 19.4 Å². The molecule has 3 aromatic heterocycles. The van der Waals surface area contributed by atoms with E-state index in [9.17, 15) is 4.79 Å². The van der Waals surface area contributed by atoms with E-state index >= 15 is 4.39 Å². The van der Waals surface area contributed by atoms with E-state index in [4.69, 9.17) is 14.5 Å². The summed E-state index contributed by atoms with van der Waals surface area (Å²) in [4.78, 5) is 23.7. The smallest absolute Gasteiger partial charge is 0.407 e. The fourth-order valence-corrected chi connectivity index (χ4v) is 5.23. The number of nitrogens with one attached hydrogen (secondary N) is 3. The van der Waals surface area contributed by atoms with Crippen LogP contribution in [-0.2, 0) is 16.0 Å². The van der Waals surface area contributed by atoms with E-state index in [0.29, 0.717) is 36.3 Å². The summed E-state index contributed by atoms with van der Waals surface area (Å²) in [5.74, 6) is 0.683. The number of carbonyl (C=O) groups is 1. The first-order valence-electron chi connectivity index (χ1n) is 12.9. The van der Waals surface area contributed by atoms with Gasteiger partial charge in [0.25, 0.3) is 0 Å². The number of H-pyrrole nitrogens is 1. The van der Waals surface area contributed by atoms with Crippen molar-refractivity contribution in [2.45, 2.75) is 75.3 Å². The Morgan fingerprint density at radius 2 is 2.19 bits per heavy atom. The minimum atomic E-state index is -1.30. The van der Waals surface area contributed by atoms with Crippen molar-refractivity contribution in [3.63, 3.8) is 0 Å². The summed E-state index contributed by atoms with van der Waals surface area (Å²) in [6, 6.07) is 4.09. The number of aromatic nitrogens is 5. The van der Waals surface area contributed by atoms with Crippen LogP contribution < -0.4 is 10.6 Å². The van der Waals surface area contributed by atoms with Crippen molar-refractivity contribution < 1.29 is 18.7 Å². The van der Waals surface area contributed by atoms with E-state index in [-0.39, 0.29) is 5.54 Å². The number of nitrogens with zero attached hydrogens (tertiary/aromatic N) is 5. The number of hydrogen-bond acceptors (Lipinski definition) is 8. The van der Waals surface area contributed by atoms with E-state index in [1.807, 2.05) is 23.6 Å². The molecule has 0 radical (unpaired) electrons. The maximum atomic E-state index is 15.2. The predicted octanol–water partition coefficient (Wildman–Crippen LogP) is 3.28. The molecule has 198 valence electrons. The third kappa shape index (κ3) is 4.99. The number of imidazole rings is 1. The number of anilines is 2. The fourth-order valence-electron chi connectivity index (χ4n) is 5.23. The summed E-state index contributed by atoms with van der Waals surface area (Å²) >= 11 is 0. The Morgan fingerprint density at radius 3 is 2.95 bits per heavy atom. The lowest BCUT2D eigenvalue weighted by Crippen LogP contribution is -2.49. The van der Waals surface area contributed by atoms with Crippen LogP contribution in [0, 0.1) is 0 Å². The summed E-state index contributed by atoms with van der Waals surface area (Å²) in [6.07, 6.45) is 5.10. The lowest BCUT2D eigenvalue weighted by molar-refractivity contribution is 0.0171. The second-order valence-corrected chi connectivity index (χ2v) is 10.7. The molecule has 3 fully saturated rings. The number of methoxy groups -OCH3 is 1. The number of ether oxygens (including phenoxy) is 2. The van der Waals surface area contributed by atoms with Gasteiger partial charge < -0.3 is 20.1 Å². The molecule has 1 amide bonds. The standard InChI is InChI=1S/C25H33FN8O3/c1-25(7-8-25)30-24(35)37-19-4-3-17(22(19)26)18-11-20(32-31-18)29-23-27-9-5-21-28-15(13-34(21)23)12-33-10-6-16(33)14-36-2/h5,9,11,13,16-17,19,22H,3-4,6-8,10,12,14H2,1-2H3,(H,30,35)(H2,27,29,31,32)/t16?,17-,19-,22+/m1/s1. The third-order valence-corrected chi connectivity index (χ3v) is 7.82. The third-order valence-electron chi connectivity index (χ3n) is 7.82. The number of aromatic amines is 1. The first-order chi connectivity index (χ1) is 17.9. The Hall–Kier alpha value is -3.25. The number of fused-ring (bicyclic) bond motifs is 1.